The molecule has 0 aliphatic carbocycles. The average Bonchev–Trinajstić information content (AvgIpc) is 2.67. The van der Waals surface area contributed by atoms with E-state index in [1.54, 1.807) is 36.4 Å². The zero-order valence-electron chi connectivity index (χ0n) is 15.7. The monoisotopic (exact) mass is 434 g/mol. The van der Waals surface area contributed by atoms with E-state index in [4.69, 9.17) is 16.3 Å². The van der Waals surface area contributed by atoms with E-state index in [1.807, 2.05) is 6.92 Å². The fourth-order valence-corrected chi connectivity index (χ4v) is 4.56. The summed E-state index contributed by atoms with van der Waals surface area (Å²) in [5.41, 5.74) is 1.41. The Morgan fingerprint density at radius 2 is 1.86 bits per heavy atom. The Hall–Kier alpha value is -2.84. The molecule has 0 saturated heterocycles. The molecule has 0 saturated carbocycles. The average molecular weight is 435 g/mol. The molecule has 2 aromatic carbocycles. The number of hydrogen-bond acceptors (Lipinski definition) is 5. The molecular weight excluding hydrogens is 416 g/mol. The van der Waals surface area contributed by atoms with E-state index in [1.165, 1.54) is 19.2 Å². The van der Waals surface area contributed by atoms with Crippen molar-refractivity contribution in [1.82, 2.24) is 10.6 Å². The van der Waals surface area contributed by atoms with Crippen molar-refractivity contribution in [3.8, 4) is 0 Å². The highest BCUT2D eigenvalue weighted by Gasteiger charge is 2.35. The number of esters is 1. The zero-order valence-corrected chi connectivity index (χ0v) is 17.3. The normalized spacial score (nSPS) is 16.8. The van der Waals surface area contributed by atoms with Crippen LogP contribution in [0.4, 0.5) is 4.79 Å². The van der Waals surface area contributed by atoms with E-state index in [2.05, 4.69) is 10.6 Å². The van der Waals surface area contributed by atoms with Gasteiger partial charge in [0.25, 0.3) is 0 Å². The minimum absolute atomic E-state index is 0.00468. The van der Waals surface area contributed by atoms with Crippen molar-refractivity contribution in [1.29, 1.82) is 0 Å². The van der Waals surface area contributed by atoms with Crippen molar-refractivity contribution in [2.24, 2.45) is 0 Å². The third-order valence-electron chi connectivity index (χ3n) is 4.46. The Morgan fingerprint density at radius 1 is 1.17 bits per heavy atom. The maximum Gasteiger partial charge on any atom is 0.338 e. The van der Waals surface area contributed by atoms with Crippen molar-refractivity contribution in [3.05, 3.63) is 76.0 Å². The lowest BCUT2D eigenvalue weighted by molar-refractivity contribution is -0.136. The number of nitrogens with one attached hydrogen (secondary N) is 2. The number of aryl methyl sites for hydroxylation is 1. The first-order chi connectivity index (χ1) is 13.7. The zero-order chi connectivity index (χ0) is 21.2. The summed E-state index contributed by atoms with van der Waals surface area (Å²) in [6.45, 7) is 1.84. The lowest BCUT2D eigenvalue weighted by atomic mass is 9.95. The quantitative estimate of drug-likeness (QED) is 0.704. The minimum Gasteiger partial charge on any atom is -0.466 e. The number of rotatable bonds is 5. The van der Waals surface area contributed by atoms with Crippen LogP contribution in [0.2, 0.25) is 5.02 Å². The number of amides is 2. The molecule has 0 fully saturated rings. The molecule has 7 nitrogen and oxygen atoms in total. The third kappa shape index (κ3) is 4.60. The summed E-state index contributed by atoms with van der Waals surface area (Å²) in [6.07, 6.45) is 0. The van der Waals surface area contributed by atoms with Gasteiger partial charge in [0, 0.05) is 10.7 Å². The number of ether oxygens (including phenoxy) is 1. The van der Waals surface area contributed by atoms with Gasteiger partial charge in [-0.05, 0) is 36.8 Å². The summed E-state index contributed by atoms with van der Waals surface area (Å²) >= 11 is 6.04. The van der Waals surface area contributed by atoms with Crippen LogP contribution < -0.4 is 10.6 Å². The van der Waals surface area contributed by atoms with E-state index < -0.39 is 33.6 Å². The number of carbonyl (C=O) groups is 2. The van der Waals surface area contributed by atoms with E-state index in [0.29, 0.717) is 10.6 Å². The van der Waals surface area contributed by atoms with Gasteiger partial charge in [0.15, 0.2) is 9.84 Å². The summed E-state index contributed by atoms with van der Waals surface area (Å²) in [5, 5.41) is 5.49. The van der Waals surface area contributed by atoms with Gasteiger partial charge >= 0.3 is 12.0 Å². The van der Waals surface area contributed by atoms with Gasteiger partial charge in [0.2, 0.25) is 0 Å². The van der Waals surface area contributed by atoms with Crippen LogP contribution in [0.5, 0.6) is 0 Å². The second kappa shape index (κ2) is 8.26. The number of methoxy groups -OCH3 is 1. The molecule has 0 aromatic heterocycles. The van der Waals surface area contributed by atoms with Crippen LogP contribution >= 0.6 is 11.6 Å². The van der Waals surface area contributed by atoms with E-state index in [0.717, 1.165) is 5.56 Å². The second-order valence-electron chi connectivity index (χ2n) is 6.54. The molecule has 2 N–H and O–H groups in total. The first kappa shape index (κ1) is 20.9. The van der Waals surface area contributed by atoms with Crippen LogP contribution in [-0.2, 0) is 19.4 Å². The maximum atomic E-state index is 12.9. The van der Waals surface area contributed by atoms with Gasteiger partial charge in [0.05, 0.1) is 29.4 Å². The second-order valence-corrected chi connectivity index (χ2v) is 8.97. The number of hydrogen-bond donors (Lipinski definition) is 2. The fourth-order valence-electron chi connectivity index (χ4n) is 3.04. The highest BCUT2D eigenvalue weighted by molar-refractivity contribution is 7.91. The van der Waals surface area contributed by atoms with Crippen molar-refractivity contribution < 1.29 is 22.7 Å². The maximum absolute atomic E-state index is 12.9. The molecule has 29 heavy (non-hydrogen) atoms. The number of halogens is 1. The van der Waals surface area contributed by atoms with Gasteiger partial charge in [-0.1, -0.05) is 41.4 Å². The molecule has 0 spiro atoms. The largest absolute Gasteiger partial charge is 0.466 e. The molecular formula is C20H19ClN2O5S. The van der Waals surface area contributed by atoms with Gasteiger partial charge in [-0.15, -0.1) is 0 Å². The summed E-state index contributed by atoms with van der Waals surface area (Å²) in [7, 11) is -2.64. The standard InChI is InChI=1S/C20H19ClN2O5S/c1-12-6-8-15(9-7-12)29(26,27)11-16-17(19(24)28-2)18(23-20(25)22-16)13-4-3-5-14(21)10-13/h3-10,18H,11H2,1-2H3,(H2,22,23,25)/t18-/m0/s1. The summed E-state index contributed by atoms with van der Waals surface area (Å²) in [5.74, 6) is -1.32. The Balaban J connectivity index is 2.09. The molecule has 152 valence electrons. The summed E-state index contributed by atoms with van der Waals surface area (Å²) in [4.78, 5) is 24.8. The molecule has 2 amide bonds. The summed E-state index contributed by atoms with van der Waals surface area (Å²) < 4.78 is 30.6. The highest BCUT2D eigenvalue weighted by atomic mass is 35.5. The predicted molar refractivity (Wildman–Crippen MR) is 108 cm³/mol. The molecule has 1 aliphatic heterocycles. The molecule has 1 atom stereocenters. The van der Waals surface area contributed by atoms with Crippen molar-refractivity contribution in [2.45, 2.75) is 17.9 Å². The van der Waals surface area contributed by atoms with Gasteiger partial charge in [-0.2, -0.15) is 0 Å². The van der Waals surface area contributed by atoms with Gasteiger partial charge in [-0.25, -0.2) is 18.0 Å². The predicted octanol–water partition coefficient (Wildman–Crippen LogP) is 2.90. The van der Waals surface area contributed by atoms with Gasteiger partial charge < -0.3 is 15.4 Å². The molecule has 1 aliphatic rings. The van der Waals surface area contributed by atoms with Crippen LogP contribution in [0.3, 0.4) is 0 Å². The van der Waals surface area contributed by atoms with Crippen molar-refractivity contribution in [3.63, 3.8) is 0 Å². The SMILES string of the molecule is COC(=O)C1=C(CS(=O)(=O)c2ccc(C)cc2)NC(=O)N[C@H]1c1cccc(Cl)c1. The Bertz CT molecular complexity index is 1090. The van der Waals surface area contributed by atoms with Crippen LogP contribution in [0.1, 0.15) is 17.2 Å². The van der Waals surface area contributed by atoms with Crippen LogP contribution in [-0.4, -0.2) is 33.3 Å². The molecule has 1 heterocycles. The van der Waals surface area contributed by atoms with E-state index in [9.17, 15) is 18.0 Å². The van der Waals surface area contributed by atoms with Crippen LogP contribution in [0.25, 0.3) is 0 Å². The molecule has 0 radical (unpaired) electrons. The number of benzene rings is 2. The fraction of sp³-hybridized carbons (Fsp3) is 0.200. The number of urea groups is 1. The van der Waals surface area contributed by atoms with E-state index >= 15 is 0 Å². The summed E-state index contributed by atoms with van der Waals surface area (Å²) in [6, 6.07) is 11.4. The number of sulfone groups is 1. The molecule has 0 bridgehead atoms. The lowest BCUT2D eigenvalue weighted by Crippen LogP contribution is -2.47. The Labute approximate surface area is 173 Å². The first-order valence-electron chi connectivity index (χ1n) is 8.65. The minimum atomic E-state index is -3.82. The molecule has 3 rings (SSSR count). The van der Waals surface area contributed by atoms with Crippen LogP contribution in [0, 0.1) is 6.92 Å². The van der Waals surface area contributed by atoms with Gasteiger partial charge in [-0.3, -0.25) is 0 Å². The highest BCUT2D eigenvalue weighted by Crippen LogP contribution is 2.30. The smallest absolute Gasteiger partial charge is 0.338 e. The number of carbonyl (C=O) groups excluding carboxylic acids is 2. The van der Waals surface area contributed by atoms with Crippen LogP contribution in [0.15, 0.2) is 64.7 Å². The van der Waals surface area contributed by atoms with Crippen molar-refractivity contribution >= 4 is 33.4 Å². The first-order valence-corrected chi connectivity index (χ1v) is 10.7. The lowest BCUT2D eigenvalue weighted by Gasteiger charge is -2.29. The Kier molecular flexibility index (Phi) is 5.95. The van der Waals surface area contributed by atoms with Gasteiger partial charge in [0.1, 0.15) is 0 Å². The van der Waals surface area contributed by atoms with Crippen molar-refractivity contribution in [2.75, 3.05) is 12.9 Å². The molecule has 9 heteroatoms. The molecule has 0 unspecified atom stereocenters. The topological polar surface area (TPSA) is 102 Å². The van der Waals surface area contributed by atoms with E-state index in [-0.39, 0.29) is 16.2 Å². The third-order valence-corrected chi connectivity index (χ3v) is 6.35. The molecule has 2 aromatic rings. The Morgan fingerprint density at radius 3 is 2.48 bits per heavy atom.